The Morgan fingerprint density at radius 2 is 2.53 bits per heavy atom. The zero-order valence-electron chi connectivity index (χ0n) is 8.22. The summed E-state index contributed by atoms with van der Waals surface area (Å²) in [5, 5.41) is 3.65. The van der Waals surface area contributed by atoms with Gasteiger partial charge in [-0.15, -0.1) is 11.5 Å². The van der Waals surface area contributed by atoms with E-state index >= 15 is 0 Å². The highest BCUT2D eigenvalue weighted by Crippen LogP contribution is 2.30. The molecule has 0 aromatic carbocycles. The fourth-order valence-electron chi connectivity index (χ4n) is 1.36. The van der Waals surface area contributed by atoms with Crippen LogP contribution in [0.15, 0.2) is 6.20 Å². The molecule has 4 nitrogen and oxygen atoms in total. The number of amides is 1. The number of carbonyl (C=O) groups is 1. The predicted octanol–water partition coefficient (Wildman–Crippen LogP) is 1.02. The largest absolute Gasteiger partial charge is 0.326 e. The second-order valence-electron chi connectivity index (χ2n) is 3.61. The monoisotopic (exact) mass is 221 g/mol. The van der Waals surface area contributed by atoms with Crippen molar-refractivity contribution in [3.8, 4) is 12.3 Å². The van der Waals surface area contributed by atoms with E-state index in [1.165, 1.54) is 19.0 Å². The van der Waals surface area contributed by atoms with Crippen LogP contribution in [0.3, 0.4) is 0 Å². The molecule has 0 saturated heterocycles. The Kier molecular flexibility index (Phi) is 2.97. The van der Waals surface area contributed by atoms with Gasteiger partial charge in [0.1, 0.15) is 4.88 Å². The maximum Gasteiger partial charge on any atom is 0.268 e. The summed E-state index contributed by atoms with van der Waals surface area (Å²) in [4.78, 5) is 14.2. The second-order valence-corrected chi connectivity index (χ2v) is 4.40. The van der Waals surface area contributed by atoms with E-state index in [0.717, 1.165) is 18.1 Å². The summed E-state index contributed by atoms with van der Waals surface area (Å²) in [7, 11) is 0. The molecule has 1 fully saturated rings. The summed E-state index contributed by atoms with van der Waals surface area (Å²) >= 11 is 1.11. The summed E-state index contributed by atoms with van der Waals surface area (Å²) in [6.45, 7) is 1.13. The predicted molar refractivity (Wildman–Crippen MR) is 57.4 cm³/mol. The van der Waals surface area contributed by atoms with Crippen molar-refractivity contribution in [1.82, 2.24) is 14.5 Å². The van der Waals surface area contributed by atoms with Crippen molar-refractivity contribution in [2.45, 2.75) is 12.8 Å². The molecule has 1 heterocycles. The zero-order valence-corrected chi connectivity index (χ0v) is 9.04. The lowest BCUT2D eigenvalue weighted by molar-refractivity contribution is 0.0774. The van der Waals surface area contributed by atoms with Gasteiger partial charge in [0.25, 0.3) is 5.91 Å². The quantitative estimate of drug-likeness (QED) is 0.713. The molecule has 0 atom stereocenters. The first-order valence-corrected chi connectivity index (χ1v) is 5.58. The summed E-state index contributed by atoms with van der Waals surface area (Å²) < 4.78 is 3.67. The first-order chi connectivity index (χ1) is 7.31. The van der Waals surface area contributed by atoms with Crippen LogP contribution >= 0.6 is 11.5 Å². The average Bonchev–Trinajstić information content (AvgIpc) is 2.88. The number of carbonyl (C=O) groups excluding carboxylic acids is 1. The Bertz CT molecular complexity index is 378. The van der Waals surface area contributed by atoms with Crippen LogP contribution in [0.5, 0.6) is 0 Å². The Balaban J connectivity index is 2.03. The fourth-order valence-corrected chi connectivity index (χ4v) is 1.84. The van der Waals surface area contributed by atoms with Crippen LogP contribution in [0, 0.1) is 18.3 Å². The molecular formula is C10H11N3OS. The summed E-state index contributed by atoms with van der Waals surface area (Å²) in [5.74, 6) is 3.11. The van der Waals surface area contributed by atoms with Gasteiger partial charge in [0.2, 0.25) is 0 Å². The Morgan fingerprint density at radius 1 is 1.73 bits per heavy atom. The van der Waals surface area contributed by atoms with Crippen LogP contribution in [0.1, 0.15) is 22.5 Å². The van der Waals surface area contributed by atoms with E-state index in [-0.39, 0.29) is 5.91 Å². The van der Waals surface area contributed by atoms with Crippen molar-refractivity contribution in [3.63, 3.8) is 0 Å². The molecule has 5 heteroatoms. The minimum Gasteiger partial charge on any atom is -0.326 e. The van der Waals surface area contributed by atoms with Gasteiger partial charge >= 0.3 is 0 Å². The Hall–Kier alpha value is -1.41. The van der Waals surface area contributed by atoms with Crippen molar-refractivity contribution < 1.29 is 4.79 Å². The van der Waals surface area contributed by atoms with Gasteiger partial charge in [0.15, 0.2) is 0 Å². The van der Waals surface area contributed by atoms with Crippen molar-refractivity contribution in [3.05, 3.63) is 11.1 Å². The maximum atomic E-state index is 11.9. The molecule has 1 amide bonds. The first kappa shape index (κ1) is 10.1. The molecule has 0 unspecified atom stereocenters. The van der Waals surface area contributed by atoms with Crippen molar-refractivity contribution >= 4 is 17.4 Å². The Labute approximate surface area is 92.5 Å². The maximum absolute atomic E-state index is 11.9. The van der Waals surface area contributed by atoms with E-state index in [4.69, 9.17) is 6.42 Å². The lowest BCUT2D eigenvalue weighted by Gasteiger charge is -2.18. The number of hydrogen-bond donors (Lipinski definition) is 0. The van der Waals surface area contributed by atoms with Crippen LogP contribution in [0.2, 0.25) is 0 Å². The summed E-state index contributed by atoms with van der Waals surface area (Å²) in [6.07, 6.45) is 9.14. The van der Waals surface area contributed by atoms with E-state index in [1.807, 2.05) is 0 Å². The standard InChI is InChI=1S/C10H11N3OS/c1-2-5-13(7-8-3-4-8)10(14)9-6-11-12-15-9/h1,6,8H,3-5,7H2. The highest BCUT2D eigenvalue weighted by Gasteiger charge is 2.27. The normalized spacial score (nSPS) is 14.6. The van der Waals surface area contributed by atoms with Crippen LogP contribution in [-0.2, 0) is 0 Å². The smallest absolute Gasteiger partial charge is 0.268 e. The molecule has 1 aliphatic carbocycles. The molecule has 0 aliphatic heterocycles. The third-order valence-electron chi connectivity index (χ3n) is 2.32. The third kappa shape index (κ3) is 2.54. The highest BCUT2D eigenvalue weighted by molar-refractivity contribution is 7.07. The molecule has 0 N–H and O–H groups in total. The Morgan fingerprint density at radius 3 is 3.07 bits per heavy atom. The molecule has 78 valence electrons. The van der Waals surface area contributed by atoms with E-state index in [0.29, 0.717) is 17.3 Å². The van der Waals surface area contributed by atoms with Crippen LogP contribution in [-0.4, -0.2) is 33.5 Å². The highest BCUT2D eigenvalue weighted by atomic mass is 32.1. The molecule has 1 aromatic heterocycles. The van der Waals surface area contributed by atoms with Gasteiger partial charge in [-0.05, 0) is 30.3 Å². The molecule has 0 spiro atoms. The SMILES string of the molecule is C#CCN(CC1CC1)C(=O)c1cnns1. The molecule has 0 bridgehead atoms. The second kappa shape index (κ2) is 4.41. The summed E-state index contributed by atoms with van der Waals surface area (Å²) in [5.41, 5.74) is 0. The molecular weight excluding hydrogens is 210 g/mol. The van der Waals surface area contributed by atoms with Gasteiger partial charge < -0.3 is 4.90 Å². The number of nitrogens with zero attached hydrogens (tertiary/aromatic N) is 3. The van der Waals surface area contributed by atoms with Crippen LogP contribution < -0.4 is 0 Å². The van der Waals surface area contributed by atoms with Crippen LogP contribution in [0.4, 0.5) is 0 Å². The minimum absolute atomic E-state index is 0.0464. The van der Waals surface area contributed by atoms with Gasteiger partial charge in [-0.3, -0.25) is 4.79 Å². The van der Waals surface area contributed by atoms with Crippen molar-refractivity contribution in [2.24, 2.45) is 5.92 Å². The molecule has 0 radical (unpaired) electrons. The number of rotatable bonds is 4. The van der Waals surface area contributed by atoms with E-state index in [2.05, 4.69) is 15.5 Å². The molecule has 1 aromatic rings. The van der Waals surface area contributed by atoms with Gasteiger partial charge in [-0.25, -0.2) is 0 Å². The molecule has 1 saturated carbocycles. The molecule has 15 heavy (non-hydrogen) atoms. The van der Waals surface area contributed by atoms with E-state index < -0.39 is 0 Å². The molecule has 2 rings (SSSR count). The minimum atomic E-state index is -0.0464. The first-order valence-electron chi connectivity index (χ1n) is 4.81. The van der Waals surface area contributed by atoms with Crippen molar-refractivity contribution in [2.75, 3.05) is 13.1 Å². The number of hydrogen-bond acceptors (Lipinski definition) is 4. The topological polar surface area (TPSA) is 46.1 Å². The number of terminal acetylenes is 1. The fraction of sp³-hybridized carbons (Fsp3) is 0.500. The lowest BCUT2D eigenvalue weighted by Crippen LogP contribution is -2.32. The van der Waals surface area contributed by atoms with Gasteiger partial charge in [0, 0.05) is 6.54 Å². The van der Waals surface area contributed by atoms with Crippen molar-refractivity contribution in [1.29, 1.82) is 0 Å². The van der Waals surface area contributed by atoms with E-state index in [1.54, 1.807) is 4.90 Å². The number of aromatic nitrogens is 2. The van der Waals surface area contributed by atoms with E-state index in [9.17, 15) is 4.79 Å². The third-order valence-corrected chi connectivity index (χ3v) is 2.97. The molecule has 1 aliphatic rings. The zero-order chi connectivity index (χ0) is 10.7. The summed E-state index contributed by atoms with van der Waals surface area (Å²) in [6, 6.07) is 0. The van der Waals surface area contributed by atoms with Gasteiger partial charge in [0.05, 0.1) is 12.7 Å². The average molecular weight is 221 g/mol. The van der Waals surface area contributed by atoms with Crippen LogP contribution in [0.25, 0.3) is 0 Å². The van der Waals surface area contributed by atoms with Gasteiger partial charge in [-0.2, -0.15) is 0 Å². The van der Waals surface area contributed by atoms with Gasteiger partial charge in [-0.1, -0.05) is 10.4 Å². The lowest BCUT2D eigenvalue weighted by atomic mass is 10.3.